The first-order chi connectivity index (χ1) is 51.7. The highest BCUT2D eigenvalue weighted by Crippen LogP contribution is 2.45. The van der Waals surface area contributed by atoms with Gasteiger partial charge in [0.05, 0.1) is 26.4 Å². The van der Waals surface area contributed by atoms with E-state index in [4.69, 9.17) is 37.0 Å². The van der Waals surface area contributed by atoms with Crippen LogP contribution in [0.5, 0.6) is 0 Å². The SMILES string of the molecule is CC/C=C\C/C=C\C/C=C\C/C=C\C/C=C\CCCC(=O)OCC(COP(=O)(O)OCC(O)COP(=O)(O)OCC(COC(=O)CCCCCCCC/C=C\C/C=C\C/C=C\CCCCC)OC(=O)CCCCCCCCC/C=C\C/C=C\C/C=C\CC)OC(=O)CCCCCCC/C=C\C/C=C\CCC. The Hall–Kier alpha value is -5.32. The number of hydrogen-bond donors (Lipinski definition) is 3. The van der Waals surface area contributed by atoms with Gasteiger partial charge in [0.15, 0.2) is 12.2 Å². The Morgan fingerprint density at radius 3 is 0.830 bits per heavy atom. The van der Waals surface area contributed by atoms with E-state index in [2.05, 4.69) is 174 Å². The molecule has 3 N–H and O–H groups in total. The highest BCUT2D eigenvalue weighted by Gasteiger charge is 2.30. The highest BCUT2D eigenvalue weighted by molar-refractivity contribution is 7.47. The fourth-order valence-corrected chi connectivity index (χ4v) is 11.9. The van der Waals surface area contributed by atoms with E-state index in [9.17, 15) is 43.2 Å². The van der Waals surface area contributed by atoms with Gasteiger partial charge in [-0.05, 0) is 161 Å². The van der Waals surface area contributed by atoms with Crippen LogP contribution in [-0.4, -0.2) is 96.7 Å². The fourth-order valence-electron chi connectivity index (χ4n) is 10.3. The molecule has 0 bridgehead atoms. The van der Waals surface area contributed by atoms with Crippen molar-refractivity contribution in [2.24, 2.45) is 0 Å². The first kappa shape index (κ1) is 101. The summed E-state index contributed by atoms with van der Waals surface area (Å²) in [4.78, 5) is 73.1. The lowest BCUT2D eigenvalue weighted by Gasteiger charge is -2.21. The molecule has 17 nitrogen and oxygen atoms in total. The van der Waals surface area contributed by atoms with Gasteiger partial charge in [-0.2, -0.15) is 0 Å². The maximum absolute atomic E-state index is 13.1. The van der Waals surface area contributed by atoms with E-state index in [1.54, 1.807) is 0 Å². The lowest BCUT2D eigenvalue weighted by molar-refractivity contribution is -0.161. The molecule has 0 aromatic heterocycles. The quantitative estimate of drug-likeness (QED) is 0.0169. The molecule has 0 spiro atoms. The van der Waals surface area contributed by atoms with Gasteiger partial charge in [0.1, 0.15) is 19.3 Å². The Morgan fingerprint density at radius 2 is 0.519 bits per heavy atom. The summed E-state index contributed by atoms with van der Waals surface area (Å²) in [6.45, 7) is 4.46. The number of phosphoric ester groups is 2. The Bertz CT molecular complexity index is 2630. The molecule has 106 heavy (non-hydrogen) atoms. The highest BCUT2D eigenvalue weighted by atomic mass is 31.2. The molecule has 0 heterocycles. The van der Waals surface area contributed by atoms with E-state index in [0.717, 1.165) is 205 Å². The number of carbonyl (C=O) groups excluding carboxylic acids is 4. The molecule has 0 aromatic rings. The molecule has 604 valence electrons. The van der Waals surface area contributed by atoms with Crippen molar-refractivity contribution in [1.82, 2.24) is 0 Å². The summed E-state index contributed by atoms with van der Waals surface area (Å²) in [5.74, 6) is -2.29. The fraction of sp³-hybridized carbons (Fsp3) is 0.655. The van der Waals surface area contributed by atoms with Gasteiger partial charge in [0.2, 0.25) is 0 Å². The summed E-state index contributed by atoms with van der Waals surface area (Å²) < 4.78 is 68.6. The second kappa shape index (κ2) is 77.8. The third-order valence-electron chi connectivity index (χ3n) is 16.4. The van der Waals surface area contributed by atoms with E-state index < -0.39 is 97.5 Å². The van der Waals surface area contributed by atoms with Crippen LogP contribution < -0.4 is 0 Å². The van der Waals surface area contributed by atoms with Crippen molar-refractivity contribution < 1.29 is 80.2 Å². The first-order valence-corrected chi connectivity index (χ1v) is 43.7. The summed E-state index contributed by atoms with van der Waals surface area (Å²) in [5.41, 5.74) is 0. The van der Waals surface area contributed by atoms with Crippen LogP contribution >= 0.6 is 15.6 Å². The van der Waals surface area contributed by atoms with Crippen LogP contribution in [0.25, 0.3) is 0 Å². The summed E-state index contributed by atoms with van der Waals surface area (Å²) >= 11 is 0. The zero-order chi connectivity index (χ0) is 77.4. The number of ether oxygens (including phenoxy) is 4. The monoisotopic (exact) mass is 1520 g/mol. The molecule has 0 radical (unpaired) electrons. The zero-order valence-electron chi connectivity index (χ0n) is 66.1. The lowest BCUT2D eigenvalue weighted by Crippen LogP contribution is -2.30. The Morgan fingerprint density at radius 1 is 0.274 bits per heavy atom. The summed E-state index contributed by atoms with van der Waals surface area (Å²) in [7, 11) is -10.00. The van der Waals surface area contributed by atoms with E-state index >= 15 is 0 Å². The van der Waals surface area contributed by atoms with Gasteiger partial charge in [-0.1, -0.05) is 282 Å². The van der Waals surface area contributed by atoms with Gasteiger partial charge in [-0.25, -0.2) is 9.13 Å². The van der Waals surface area contributed by atoms with Crippen molar-refractivity contribution >= 4 is 39.5 Å². The van der Waals surface area contributed by atoms with Crippen molar-refractivity contribution in [1.29, 1.82) is 0 Å². The minimum Gasteiger partial charge on any atom is -0.462 e. The number of phosphoric acid groups is 2. The number of carbonyl (C=O) groups is 4. The number of unbranched alkanes of at least 4 members (excludes halogenated alkanes) is 23. The summed E-state index contributed by atoms with van der Waals surface area (Å²) in [5, 5.41) is 10.7. The molecule has 0 aliphatic heterocycles. The predicted octanol–water partition coefficient (Wildman–Crippen LogP) is 24.0. The summed E-state index contributed by atoms with van der Waals surface area (Å²) in [6, 6.07) is 0. The number of allylic oxidation sites excluding steroid dienone is 26. The third kappa shape index (κ3) is 76.9. The number of hydrogen-bond acceptors (Lipinski definition) is 15. The molecule has 0 rings (SSSR count). The first-order valence-electron chi connectivity index (χ1n) is 40.7. The number of esters is 4. The van der Waals surface area contributed by atoms with Gasteiger partial charge in [0.25, 0.3) is 0 Å². The average molecular weight is 1520 g/mol. The molecular weight excluding hydrogens is 1380 g/mol. The normalized spacial score (nSPS) is 14.7. The number of rotatable bonds is 75. The topological polar surface area (TPSA) is 237 Å². The van der Waals surface area contributed by atoms with Gasteiger partial charge < -0.3 is 33.8 Å². The van der Waals surface area contributed by atoms with Crippen LogP contribution in [0.3, 0.4) is 0 Å². The van der Waals surface area contributed by atoms with Crippen molar-refractivity contribution in [3.63, 3.8) is 0 Å². The number of aliphatic hydroxyl groups is 1. The molecular formula is C87H144O17P2. The smallest absolute Gasteiger partial charge is 0.462 e. The van der Waals surface area contributed by atoms with Gasteiger partial charge >= 0.3 is 39.5 Å². The van der Waals surface area contributed by atoms with Crippen LogP contribution in [0.1, 0.15) is 310 Å². The van der Waals surface area contributed by atoms with E-state index in [1.807, 2.05) is 12.2 Å². The maximum Gasteiger partial charge on any atom is 0.472 e. The molecule has 0 aliphatic carbocycles. The van der Waals surface area contributed by atoms with Crippen molar-refractivity contribution in [3.8, 4) is 0 Å². The molecule has 0 fully saturated rings. The summed E-state index contributed by atoms with van der Waals surface area (Å²) in [6.07, 6.45) is 90.8. The van der Waals surface area contributed by atoms with Crippen LogP contribution in [0.4, 0.5) is 0 Å². The predicted molar refractivity (Wildman–Crippen MR) is 436 cm³/mol. The van der Waals surface area contributed by atoms with Gasteiger partial charge in [-0.15, -0.1) is 0 Å². The van der Waals surface area contributed by atoms with Gasteiger partial charge in [-0.3, -0.25) is 37.3 Å². The van der Waals surface area contributed by atoms with Crippen molar-refractivity contribution in [3.05, 3.63) is 158 Å². The Labute approximate surface area is 642 Å². The standard InChI is InChI=1S/C87H144O17P2/c1-5-9-13-17-21-25-29-33-36-39-40-43-45-49-52-56-60-64-68-72-85(90)98-78-83(104-87(92)74-70-66-62-58-54-50-46-42-38-35-31-27-23-19-15-11-7-3)80-102-106(95,96)100-76-81(88)75-99-105(93,94)101-79-82(103-86(91)73-69-65-61-57-53-47-32-28-24-20-16-12-8-4)77-97-84(89)71-67-63-59-55-51-48-44-41-37-34-30-26-22-18-14-10-6-2/h10-11,14-16,20-23,25-28,32-38,40,43-44,48,55,59,81-83,88H,5-9,12-13,17-19,24,29-31,39,41-42,45-47,49-54,56-58,60-80H2,1-4H3,(H,93,94)(H,95,96)/b14-10-,15-11-,20-16-,25-21-,26-22-,27-23-,32-28-,36-33-,37-34-,38-35-,43-40-,48-44-,59-55-. The van der Waals surface area contributed by atoms with Crippen LogP contribution in [0, 0.1) is 0 Å². The minimum atomic E-state index is -5.00. The van der Waals surface area contributed by atoms with Crippen molar-refractivity contribution in [2.45, 2.75) is 329 Å². The lowest BCUT2D eigenvalue weighted by atomic mass is 10.1. The second-order valence-corrected chi connectivity index (χ2v) is 29.5. The Kier molecular flexibility index (Phi) is 73.9. The second-order valence-electron chi connectivity index (χ2n) is 26.6. The molecule has 0 saturated heterocycles. The number of aliphatic hydroxyl groups excluding tert-OH is 1. The zero-order valence-corrected chi connectivity index (χ0v) is 67.8. The Balaban J connectivity index is 5.44. The molecule has 19 heteroatoms. The van der Waals surface area contributed by atoms with E-state index in [0.29, 0.717) is 32.1 Å². The van der Waals surface area contributed by atoms with Gasteiger partial charge in [0, 0.05) is 25.7 Å². The van der Waals surface area contributed by atoms with Crippen LogP contribution in [-0.2, 0) is 65.4 Å². The van der Waals surface area contributed by atoms with E-state index in [-0.39, 0.29) is 25.7 Å². The van der Waals surface area contributed by atoms with Crippen molar-refractivity contribution in [2.75, 3.05) is 39.6 Å². The van der Waals surface area contributed by atoms with E-state index in [1.165, 1.54) is 19.3 Å². The largest absolute Gasteiger partial charge is 0.472 e. The molecule has 5 unspecified atom stereocenters. The average Bonchev–Trinajstić information content (AvgIpc) is 0.937. The van der Waals surface area contributed by atoms with Crippen LogP contribution in [0.2, 0.25) is 0 Å². The molecule has 5 atom stereocenters. The molecule has 0 aliphatic rings. The third-order valence-corrected chi connectivity index (χ3v) is 18.3. The molecule has 0 amide bonds. The molecule has 0 saturated carbocycles. The maximum atomic E-state index is 13.1. The van der Waals surface area contributed by atoms with Crippen LogP contribution in [0.15, 0.2) is 158 Å². The minimum absolute atomic E-state index is 0.0615. The molecule has 0 aromatic carbocycles.